The number of hydrogen-bond acceptors (Lipinski definition) is 3. The van der Waals surface area contributed by atoms with E-state index in [9.17, 15) is 4.79 Å². The Hall–Kier alpha value is -1.61. The third-order valence-electron chi connectivity index (χ3n) is 2.25. The summed E-state index contributed by atoms with van der Waals surface area (Å²) in [6, 6.07) is 7.20. The summed E-state index contributed by atoms with van der Waals surface area (Å²) in [4.78, 5) is 11.9. The van der Waals surface area contributed by atoms with Gasteiger partial charge in [-0.2, -0.15) is 0 Å². The molecule has 0 N–H and O–H groups in total. The fourth-order valence-electron chi connectivity index (χ4n) is 1.52. The smallest absolute Gasteiger partial charge is 0.198 e. The molecule has 1 heterocycles. The second-order valence-corrected chi connectivity index (χ2v) is 3.28. The lowest BCUT2D eigenvalue weighted by Gasteiger charge is -2.23. The SMILES string of the molecule is C=CCOC1COc2ccccc2C1=O. The first kappa shape index (κ1) is 9.93. The lowest BCUT2D eigenvalue weighted by atomic mass is 10.0. The first-order valence-corrected chi connectivity index (χ1v) is 4.81. The van der Waals surface area contributed by atoms with E-state index in [0.29, 0.717) is 17.9 Å². The van der Waals surface area contributed by atoms with Gasteiger partial charge in [-0.25, -0.2) is 0 Å². The Bertz CT molecular complexity index is 384. The van der Waals surface area contributed by atoms with Gasteiger partial charge in [0.05, 0.1) is 12.2 Å². The third kappa shape index (κ3) is 1.92. The molecule has 1 aromatic carbocycles. The van der Waals surface area contributed by atoms with Crippen molar-refractivity contribution in [3.8, 4) is 5.75 Å². The second-order valence-electron chi connectivity index (χ2n) is 3.28. The van der Waals surface area contributed by atoms with Gasteiger partial charge in [0.25, 0.3) is 0 Å². The monoisotopic (exact) mass is 204 g/mol. The number of carbonyl (C=O) groups is 1. The number of Topliss-reactive ketones (excluding diaryl/α,β-unsaturated/α-hetero) is 1. The van der Waals surface area contributed by atoms with E-state index in [0.717, 1.165) is 0 Å². The first-order chi connectivity index (χ1) is 7.33. The second kappa shape index (κ2) is 4.28. The molecule has 3 nitrogen and oxygen atoms in total. The van der Waals surface area contributed by atoms with Crippen LogP contribution in [0, 0.1) is 0 Å². The normalized spacial score (nSPS) is 19.2. The summed E-state index contributed by atoms with van der Waals surface area (Å²) in [6.45, 7) is 4.18. The summed E-state index contributed by atoms with van der Waals surface area (Å²) in [5, 5.41) is 0. The molecule has 2 rings (SSSR count). The van der Waals surface area contributed by atoms with Crippen LogP contribution in [0.4, 0.5) is 0 Å². The van der Waals surface area contributed by atoms with Crippen molar-refractivity contribution in [1.29, 1.82) is 0 Å². The first-order valence-electron chi connectivity index (χ1n) is 4.81. The lowest BCUT2D eigenvalue weighted by Crippen LogP contribution is -2.35. The van der Waals surface area contributed by atoms with Crippen LogP contribution in [0.5, 0.6) is 5.75 Å². The molecule has 0 bridgehead atoms. The Morgan fingerprint density at radius 3 is 3.13 bits per heavy atom. The van der Waals surface area contributed by atoms with E-state index in [1.54, 1.807) is 18.2 Å². The molecule has 0 radical (unpaired) electrons. The maximum Gasteiger partial charge on any atom is 0.198 e. The van der Waals surface area contributed by atoms with Crippen LogP contribution in [0.1, 0.15) is 10.4 Å². The Labute approximate surface area is 88.3 Å². The van der Waals surface area contributed by atoms with Gasteiger partial charge in [0.15, 0.2) is 11.9 Å². The summed E-state index contributed by atoms with van der Waals surface area (Å²) in [7, 11) is 0. The average Bonchev–Trinajstić information content (AvgIpc) is 2.29. The van der Waals surface area contributed by atoms with Crippen LogP contribution in [0.3, 0.4) is 0 Å². The Morgan fingerprint density at radius 2 is 2.33 bits per heavy atom. The zero-order valence-electron chi connectivity index (χ0n) is 8.31. The quantitative estimate of drug-likeness (QED) is 0.705. The molecule has 0 saturated carbocycles. The minimum absolute atomic E-state index is 0.0151. The number of fused-ring (bicyclic) bond motifs is 1. The highest BCUT2D eigenvalue weighted by Gasteiger charge is 2.28. The highest BCUT2D eigenvalue weighted by atomic mass is 16.5. The van der Waals surface area contributed by atoms with Gasteiger partial charge in [-0.1, -0.05) is 18.2 Å². The molecular formula is C12H12O3. The van der Waals surface area contributed by atoms with Crippen LogP contribution >= 0.6 is 0 Å². The number of para-hydroxylation sites is 1. The summed E-state index contributed by atoms with van der Waals surface area (Å²) < 4.78 is 10.7. The molecule has 0 aromatic heterocycles. The van der Waals surface area contributed by atoms with Crippen molar-refractivity contribution in [2.45, 2.75) is 6.10 Å². The Kier molecular flexibility index (Phi) is 2.83. The summed E-state index contributed by atoms with van der Waals surface area (Å²) in [6.07, 6.45) is 1.12. The fraction of sp³-hybridized carbons (Fsp3) is 0.250. The van der Waals surface area contributed by atoms with E-state index < -0.39 is 6.10 Å². The number of carbonyl (C=O) groups excluding carboxylic acids is 1. The number of hydrogen-bond donors (Lipinski definition) is 0. The molecule has 1 aliphatic heterocycles. The van der Waals surface area contributed by atoms with Gasteiger partial charge in [0.1, 0.15) is 12.4 Å². The molecule has 0 amide bonds. The van der Waals surface area contributed by atoms with Crippen molar-refractivity contribution in [3.63, 3.8) is 0 Å². The number of benzene rings is 1. The summed E-state index contributed by atoms with van der Waals surface area (Å²) in [5.41, 5.74) is 0.595. The van der Waals surface area contributed by atoms with Crippen LogP contribution in [0.15, 0.2) is 36.9 Å². The van der Waals surface area contributed by atoms with Crippen LogP contribution in [0.2, 0.25) is 0 Å². The number of ether oxygens (including phenoxy) is 2. The lowest BCUT2D eigenvalue weighted by molar-refractivity contribution is 0.0253. The molecule has 1 aliphatic rings. The Balaban J connectivity index is 2.18. The van der Waals surface area contributed by atoms with E-state index in [1.807, 2.05) is 12.1 Å². The van der Waals surface area contributed by atoms with E-state index in [2.05, 4.69) is 6.58 Å². The predicted molar refractivity (Wildman–Crippen MR) is 56.2 cm³/mol. The Morgan fingerprint density at radius 1 is 1.53 bits per heavy atom. The van der Waals surface area contributed by atoms with Gasteiger partial charge < -0.3 is 9.47 Å². The molecule has 1 aromatic rings. The highest BCUT2D eigenvalue weighted by Crippen LogP contribution is 2.25. The molecular weight excluding hydrogens is 192 g/mol. The van der Waals surface area contributed by atoms with Gasteiger partial charge in [-0.3, -0.25) is 4.79 Å². The molecule has 1 atom stereocenters. The van der Waals surface area contributed by atoms with Gasteiger partial charge in [-0.15, -0.1) is 6.58 Å². The summed E-state index contributed by atoms with van der Waals surface area (Å²) in [5.74, 6) is 0.625. The molecule has 15 heavy (non-hydrogen) atoms. The molecule has 0 aliphatic carbocycles. The standard InChI is InChI=1S/C12H12O3/c1-2-7-14-11-8-15-10-6-4-3-5-9(10)12(11)13/h2-6,11H,1,7-8H2. The molecule has 78 valence electrons. The van der Waals surface area contributed by atoms with Crippen molar-refractivity contribution >= 4 is 5.78 Å². The topological polar surface area (TPSA) is 35.5 Å². The number of ketones is 1. The maximum atomic E-state index is 11.9. The van der Waals surface area contributed by atoms with Crippen molar-refractivity contribution in [2.75, 3.05) is 13.2 Å². The summed E-state index contributed by atoms with van der Waals surface area (Å²) >= 11 is 0. The van der Waals surface area contributed by atoms with Crippen molar-refractivity contribution in [2.24, 2.45) is 0 Å². The highest BCUT2D eigenvalue weighted by molar-refractivity contribution is 6.02. The van der Waals surface area contributed by atoms with Gasteiger partial charge in [0, 0.05) is 0 Å². The van der Waals surface area contributed by atoms with E-state index in [-0.39, 0.29) is 12.4 Å². The molecule has 0 spiro atoms. The van der Waals surface area contributed by atoms with Gasteiger partial charge in [0.2, 0.25) is 0 Å². The zero-order chi connectivity index (χ0) is 10.7. The predicted octanol–water partition coefficient (Wildman–Crippen LogP) is 1.83. The minimum Gasteiger partial charge on any atom is -0.490 e. The van der Waals surface area contributed by atoms with Crippen LogP contribution in [-0.2, 0) is 4.74 Å². The van der Waals surface area contributed by atoms with Crippen molar-refractivity contribution < 1.29 is 14.3 Å². The van der Waals surface area contributed by atoms with Gasteiger partial charge >= 0.3 is 0 Å². The zero-order valence-corrected chi connectivity index (χ0v) is 8.31. The van der Waals surface area contributed by atoms with E-state index in [4.69, 9.17) is 9.47 Å². The van der Waals surface area contributed by atoms with Crippen LogP contribution in [0.25, 0.3) is 0 Å². The number of rotatable bonds is 3. The third-order valence-corrected chi connectivity index (χ3v) is 2.25. The van der Waals surface area contributed by atoms with E-state index >= 15 is 0 Å². The fourth-order valence-corrected chi connectivity index (χ4v) is 1.52. The molecule has 0 saturated heterocycles. The van der Waals surface area contributed by atoms with Crippen LogP contribution in [-0.4, -0.2) is 25.1 Å². The van der Waals surface area contributed by atoms with Gasteiger partial charge in [-0.05, 0) is 12.1 Å². The molecule has 0 fully saturated rings. The van der Waals surface area contributed by atoms with Crippen molar-refractivity contribution in [3.05, 3.63) is 42.5 Å². The van der Waals surface area contributed by atoms with Crippen LogP contribution < -0.4 is 4.74 Å². The largest absolute Gasteiger partial charge is 0.490 e. The molecule has 1 unspecified atom stereocenters. The van der Waals surface area contributed by atoms with E-state index in [1.165, 1.54) is 0 Å². The van der Waals surface area contributed by atoms with Crippen molar-refractivity contribution in [1.82, 2.24) is 0 Å². The minimum atomic E-state index is -0.502. The maximum absolute atomic E-state index is 11.9. The molecule has 3 heteroatoms. The average molecular weight is 204 g/mol.